The van der Waals surface area contributed by atoms with Gasteiger partial charge in [-0.1, -0.05) is 19.1 Å². The van der Waals surface area contributed by atoms with E-state index >= 15 is 0 Å². The van der Waals surface area contributed by atoms with Gasteiger partial charge in [0.25, 0.3) is 0 Å². The van der Waals surface area contributed by atoms with Gasteiger partial charge in [0.2, 0.25) is 0 Å². The molecule has 0 saturated carbocycles. The van der Waals surface area contributed by atoms with Crippen LogP contribution in [0, 0.1) is 0 Å². The van der Waals surface area contributed by atoms with E-state index in [2.05, 4.69) is 4.98 Å². The van der Waals surface area contributed by atoms with E-state index in [0.29, 0.717) is 11.5 Å². The molecule has 0 spiro atoms. The molecule has 0 aliphatic rings. The summed E-state index contributed by atoms with van der Waals surface area (Å²) < 4.78 is 7.11. The normalized spacial score (nSPS) is 10.9. The number of rotatable bonds is 4. The van der Waals surface area contributed by atoms with Gasteiger partial charge in [-0.3, -0.25) is 0 Å². The van der Waals surface area contributed by atoms with Gasteiger partial charge in [-0.25, -0.2) is 9.66 Å². The van der Waals surface area contributed by atoms with Crippen LogP contribution in [0.2, 0.25) is 0 Å². The number of nitrogen functional groups attached to an aromatic ring is 2. The lowest BCUT2D eigenvalue weighted by Gasteiger charge is -2.10. The number of hydrogen-bond donors (Lipinski definition) is 2. The molecule has 102 valence electrons. The molecule has 0 bridgehead atoms. The smallest absolute Gasteiger partial charge is 0.150 e. The molecule has 2 rings (SSSR count). The van der Waals surface area contributed by atoms with E-state index in [4.69, 9.17) is 16.3 Å². The van der Waals surface area contributed by atoms with Crippen LogP contribution in [0.5, 0.6) is 5.75 Å². The van der Waals surface area contributed by atoms with Crippen molar-refractivity contribution in [1.29, 1.82) is 0 Å². The van der Waals surface area contributed by atoms with Crippen molar-refractivity contribution in [3.63, 3.8) is 0 Å². The van der Waals surface area contributed by atoms with E-state index in [1.54, 1.807) is 0 Å². The van der Waals surface area contributed by atoms with Gasteiger partial charge < -0.3 is 16.3 Å². The average Bonchev–Trinajstić information content (AvgIpc) is 2.65. The number of hydrogen-bond acceptors (Lipinski definition) is 4. The number of ether oxygens (including phenoxy) is 1. The molecular weight excluding hydrogens is 240 g/mol. The Morgan fingerprint density at radius 3 is 2.68 bits per heavy atom. The lowest BCUT2D eigenvalue weighted by atomic mass is 10.1. The first kappa shape index (κ1) is 13.3. The van der Waals surface area contributed by atoms with Crippen LogP contribution >= 0.6 is 0 Å². The minimum Gasteiger partial charge on any atom is -0.491 e. The van der Waals surface area contributed by atoms with Crippen molar-refractivity contribution in [2.75, 3.05) is 11.6 Å². The number of aryl methyl sites for hydroxylation is 1. The van der Waals surface area contributed by atoms with Crippen molar-refractivity contribution >= 4 is 5.82 Å². The van der Waals surface area contributed by atoms with Gasteiger partial charge in [-0.15, -0.1) is 0 Å². The Balaban J connectivity index is 2.41. The van der Waals surface area contributed by atoms with Crippen LogP contribution in [0.25, 0.3) is 11.3 Å². The maximum atomic E-state index is 6.00. The highest BCUT2D eigenvalue weighted by molar-refractivity contribution is 5.72. The molecule has 0 fully saturated rings. The summed E-state index contributed by atoms with van der Waals surface area (Å²) in [5.41, 5.74) is 7.61. The Labute approximate surface area is 113 Å². The molecule has 2 aromatic rings. The topological polar surface area (TPSA) is 79.1 Å². The highest BCUT2D eigenvalue weighted by Gasteiger charge is 2.14. The van der Waals surface area contributed by atoms with Crippen molar-refractivity contribution in [3.8, 4) is 17.0 Å². The van der Waals surface area contributed by atoms with Crippen LogP contribution in [0.15, 0.2) is 24.3 Å². The summed E-state index contributed by atoms with van der Waals surface area (Å²) in [5, 5.41) is 0. The first-order valence-corrected chi connectivity index (χ1v) is 6.42. The van der Waals surface area contributed by atoms with Crippen molar-refractivity contribution in [2.45, 2.75) is 33.3 Å². The molecule has 0 atom stereocenters. The first-order valence-electron chi connectivity index (χ1n) is 6.42. The lowest BCUT2D eigenvalue weighted by Crippen LogP contribution is -2.14. The van der Waals surface area contributed by atoms with Crippen molar-refractivity contribution in [2.24, 2.45) is 0 Å². The lowest BCUT2D eigenvalue weighted by molar-refractivity contribution is 0.242. The molecule has 5 nitrogen and oxygen atoms in total. The van der Waals surface area contributed by atoms with Crippen molar-refractivity contribution in [1.82, 2.24) is 9.66 Å². The van der Waals surface area contributed by atoms with Crippen LogP contribution in [0.3, 0.4) is 0 Å². The molecule has 0 amide bonds. The largest absolute Gasteiger partial charge is 0.491 e. The molecule has 5 heteroatoms. The van der Waals surface area contributed by atoms with Crippen LogP contribution in [-0.4, -0.2) is 15.8 Å². The minimum absolute atomic E-state index is 0.130. The molecule has 1 aromatic heterocycles. The third-order valence-corrected chi connectivity index (χ3v) is 2.82. The van der Waals surface area contributed by atoms with Crippen LogP contribution in [0.1, 0.15) is 26.6 Å². The van der Waals surface area contributed by atoms with Gasteiger partial charge in [0.15, 0.2) is 5.82 Å². The standard InChI is InChI=1S/C14H20N4O/c1-4-12-17-13(14(15)18(12)16)10-6-5-7-11(8-10)19-9(2)3/h5-9H,4,15-16H2,1-3H3. The van der Waals surface area contributed by atoms with Crippen LogP contribution in [0.4, 0.5) is 5.82 Å². The predicted octanol–water partition coefficient (Wildman–Crippen LogP) is 2.20. The van der Waals surface area contributed by atoms with Crippen LogP contribution in [-0.2, 0) is 6.42 Å². The number of imidazole rings is 1. The summed E-state index contributed by atoms with van der Waals surface area (Å²) in [6.07, 6.45) is 0.869. The molecule has 0 unspecified atom stereocenters. The van der Waals surface area contributed by atoms with E-state index in [-0.39, 0.29) is 6.10 Å². The molecule has 0 radical (unpaired) electrons. The molecule has 4 N–H and O–H groups in total. The fraction of sp³-hybridized carbons (Fsp3) is 0.357. The summed E-state index contributed by atoms with van der Waals surface area (Å²) in [7, 11) is 0. The average molecular weight is 260 g/mol. The summed E-state index contributed by atoms with van der Waals surface area (Å²) in [4.78, 5) is 4.48. The maximum Gasteiger partial charge on any atom is 0.150 e. The predicted molar refractivity (Wildman–Crippen MR) is 77.4 cm³/mol. The Kier molecular flexibility index (Phi) is 3.64. The first-order chi connectivity index (χ1) is 9.02. The van der Waals surface area contributed by atoms with Crippen LogP contribution < -0.4 is 16.3 Å². The third kappa shape index (κ3) is 2.65. The van der Waals surface area contributed by atoms with E-state index in [1.807, 2.05) is 45.0 Å². The zero-order valence-electron chi connectivity index (χ0n) is 11.6. The minimum atomic E-state index is 0.130. The van der Waals surface area contributed by atoms with Gasteiger partial charge in [0.1, 0.15) is 17.3 Å². The molecule has 1 aromatic carbocycles. The number of anilines is 1. The van der Waals surface area contributed by atoms with E-state index in [0.717, 1.165) is 23.6 Å². The highest BCUT2D eigenvalue weighted by atomic mass is 16.5. The molecule has 0 saturated heterocycles. The quantitative estimate of drug-likeness (QED) is 0.826. The summed E-state index contributed by atoms with van der Waals surface area (Å²) in [6.45, 7) is 5.98. The summed E-state index contributed by atoms with van der Waals surface area (Å²) >= 11 is 0. The van der Waals surface area contributed by atoms with Gasteiger partial charge in [0.05, 0.1) is 6.10 Å². The van der Waals surface area contributed by atoms with Gasteiger partial charge in [0, 0.05) is 12.0 Å². The summed E-state index contributed by atoms with van der Waals surface area (Å²) in [5.74, 6) is 7.91. The number of nitrogens with zero attached hydrogens (tertiary/aromatic N) is 2. The Bertz CT molecular complexity index is 575. The zero-order chi connectivity index (χ0) is 14.0. The Morgan fingerprint density at radius 1 is 1.37 bits per heavy atom. The second-order valence-electron chi connectivity index (χ2n) is 4.68. The fourth-order valence-corrected chi connectivity index (χ4v) is 1.94. The molecule has 0 aliphatic carbocycles. The monoisotopic (exact) mass is 260 g/mol. The zero-order valence-corrected chi connectivity index (χ0v) is 11.6. The Hall–Kier alpha value is -2.17. The Morgan fingerprint density at radius 2 is 2.11 bits per heavy atom. The second-order valence-corrected chi connectivity index (χ2v) is 4.68. The third-order valence-electron chi connectivity index (χ3n) is 2.82. The number of benzene rings is 1. The van der Waals surface area contributed by atoms with Crippen molar-refractivity contribution < 1.29 is 4.74 Å². The van der Waals surface area contributed by atoms with Crippen molar-refractivity contribution in [3.05, 3.63) is 30.1 Å². The van der Waals surface area contributed by atoms with Gasteiger partial charge >= 0.3 is 0 Å². The number of nitrogens with two attached hydrogens (primary N) is 2. The number of aromatic nitrogens is 2. The fourth-order valence-electron chi connectivity index (χ4n) is 1.94. The molecule has 0 aliphatic heterocycles. The van der Waals surface area contributed by atoms with E-state index < -0.39 is 0 Å². The van der Waals surface area contributed by atoms with E-state index in [9.17, 15) is 0 Å². The highest BCUT2D eigenvalue weighted by Crippen LogP contribution is 2.28. The molecule has 1 heterocycles. The maximum absolute atomic E-state index is 6.00. The van der Waals surface area contributed by atoms with Gasteiger partial charge in [-0.05, 0) is 26.0 Å². The summed E-state index contributed by atoms with van der Waals surface area (Å²) in [6, 6.07) is 7.72. The van der Waals surface area contributed by atoms with Gasteiger partial charge in [-0.2, -0.15) is 0 Å². The molecule has 19 heavy (non-hydrogen) atoms. The SMILES string of the molecule is CCc1nc(-c2cccc(OC(C)C)c2)c(N)n1N. The second kappa shape index (κ2) is 5.22. The van der Waals surface area contributed by atoms with E-state index in [1.165, 1.54) is 4.68 Å². The molecular formula is C14H20N4O.